The Balaban J connectivity index is 3.07. The van der Waals surface area contributed by atoms with Gasteiger partial charge in [-0.3, -0.25) is 4.79 Å². The standard InChI is InChI=1S/C4H2ClN3O/c5-4-1-3(2-9)6-8-7-4/h1-2H. The fraction of sp³-hybridized carbons (Fsp3) is 0. The molecule has 0 spiro atoms. The van der Waals surface area contributed by atoms with Gasteiger partial charge in [0, 0.05) is 6.07 Å². The lowest BCUT2D eigenvalue weighted by molar-refractivity contribution is 0.111. The van der Waals surface area contributed by atoms with Gasteiger partial charge < -0.3 is 0 Å². The largest absolute Gasteiger partial charge is 0.296 e. The molecule has 1 aromatic rings. The summed E-state index contributed by atoms with van der Waals surface area (Å²) >= 11 is 5.35. The number of rotatable bonds is 1. The molecule has 0 unspecified atom stereocenters. The van der Waals surface area contributed by atoms with E-state index in [0.29, 0.717) is 6.29 Å². The number of nitrogens with zero attached hydrogens (tertiary/aromatic N) is 3. The monoisotopic (exact) mass is 143 g/mol. The maximum absolute atomic E-state index is 9.97. The summed E-state index contributed by atoms with van der Waals surface area (Å²) in [5, 5.41) is 10.0. The van der Waals surface area contributed by atoms with Crippen molar-refractivity contribution in [3.05, 3.63) is 16.9 Å². The van der Waals surface area contributed by atoms with Gasteiger partial charge in [0.1, 0.15) is 5.69 Å². The Morgan fingerprint density at radius 2 is 2.33 bits per heavy atom. The van der Waals surface area contributed by atoms with Gasteiger partial charge in [-0.15, -0.1) is 10.2 Å². The molecule has 1 rings (SSSR count). The molecule has 0 aliphatic carbocycles. The van der Waals surface area contributed by atoms with E-state index in [1.165, 1.54) is 6.07 Å². The minimum Gasteiger partial charge on any atom is -0.296 e. The Hall–Kier alpha value is -1.03. The van der Waals surface area contributed by atoms with Gasteiger partial charge in [-0.25, -0.2) is 0 Å². The Morgan fingerprint density at radius 3 is 2.78 bits per heavy atom. The second kappa shape index (κ2) is 2.50. The molecule has 1 heterocycles. The molecule has 0 fully saturated rings. The van der Waals surface area contributed by atoms with Crippen molar-refractivity contribution in [2.75, 3.05) is 0 Å². The first-order chi connectivity index (χ1) is 4.33. The number of carbonyl (C=O) groups excluding carboxylic acids is 1. The summed E-state index contributed by atoms with van der Waals surface area (Å²) in [4.78, 5) is 9.97. The molecule has 0 bridgehead atoms. The Morgan fingerprint density at radius 1 is 1.56 bits per heavy atom. The zero-order valence-corrected chi connectivity index (χ0v) is 5.04. The van der Waals surface area contributed by atoms with Crippen LogP contribution in [0, 0.1) is 0 Å². The molecule has 1 aromatic heterocycles. The lowest BCUT2D eigenvalue weighted by Gasteiger charge is -1.84. The molecule has 0 radical (unpaired) electrons. The summed E-state index contributed by atoms with van der Waals surface area (Å²) in [6.45, 7) is 0. The van der Waals surface area contributed by atoms with Crippen molar-refractivity contribution in [1.29, 1.82) is 0 Å². The topological polar surface area (TPSA) is 55.7 Å². The summed E-state index contributed by atoms with van der Waals surface area (Å²) in [5.41, 5.74) is 0.190. The summed E-state index contributed by atoms with van der Waals surface area (Å²) in [5.74, 6) is 0. The van der Waals surface area contributed by atoms with Gasteiger partial charge in [-0.05, 0) is 5.21 Å². The predicted octanol–water partition coefficient (Wildman–Crippen LogP) is 0.338. The maximum atomic E-state index is 9.97. The van der Waals surface area contributed by atoms with Crippen molar-refractivity contribution in [2.45, 2.75) is 0 Å². The van der Waals surface area contributed by atoms with Gasteiger partial charge in [-0.2, -0.15) is 0 Å². The quantitative estimate of drug-likeness (QED) is 0.532. The smallest absolute Gasteiger partial charge is 0.170 e. The molecule has 0 saturated carbocycles. The summed E-state index contributed by atoms with van der Waals surface area (Å²) in [6.07, 6.45) is 0.556. The molecule has 0 atom stereocenters. The molecule has 0 aromatic carbocycles. The van der Waals surface area contributed by atoms with E-state index in [-0.39, 0.29) is 10.8 Å². The molecule has 0 aliphatic heterocycles. The average Bonchev–Trinajstić information content (AvgIpc) is 1.88. The molecule has 5 heteroatoms. The van der Waals surface area contributed by atoms with Crippen LogP contribution in [0.2, 0.25) is 5.15 Å². The molecule has 4 nitrogen and oxygen atoms in total. The van der Waals surface area contributed by atoms with Gasteiger partial charge >= 0.3 is 0 Å². The van der Waals surface area contributed by atoms with E-state index >= 15 is 0 Å². The first-order valence-corrected chi connectivity index (χ1v) is 2.52. The number of carbonyl (C=O) groups is 1. The van der Waals surface area contributed by atoms with Crippen LogP contribution in [0.25, 0.3) is 0 Å². The highest BCUT2D eigenvalue weighted by molar-refractivity contribution is 6.29. The second-order valence-electron chi connectivity index (χ2n) is 1.30. The van der Waals surface area contributed by atoms with E-state index < -0.39 is 0 Å². The molecule has 0 amide bonds. The Labute approximate surface area is 55.9 Å². The van der Waals surface area contributed by atoms with E-state index in [1.54, 1.807) is 0 Å². The third kappa shape index (κ3) is 1.43. The second-order valence-corrected chi connectivity index (χ2v) is 1.69. The molecule has 0 N–H and O–H groups in total. The number of aldehydes is 1. The van der Waals surface area contributed by atoms with Crippen LogP contribution < -0.4 is 0 Å². The summed E-state index contributed by atoms with van der Waals surface area (Å²) in [6, 6.07) is 1.33. The van der Waals surface area contributed by atoms with E-state index in [1.807, 2.05) is 0 Å². The molecule has 46 valence electrons. The van der Waals surface area contributed by atoms with Crippen LogP contribution in [0.1, 0.15) is 10.5 Å². The fourth-order valence-corrected chi connectivity index (χ4v) is 0.500. The van der Waals surface area contributed by atoms with E-state index in [4.69, 9.17) is 11.6 Å². The zero-order valence-electron chi connectivity index (χ0n) is 4.28. The molecular formula is C4H2ClN3O. The van der Waals surface area contributed by atoms with E-state index in [0.717, 1.165) is 0 Å². The van der Waals surface area contributed by atoms with Crippen LogP contribution in [0.15, 0.2) is 6.07 Å². The SMILES string of the molecule is O=Cc1cc(Cl)nnn1. The molecule has 9 heavy (non-hydrogen) atoms. The minimum atomic E-state index is 0.173. The van der Waals surface area contributed by atoms with Gasteiger partial charge in [0.2, 0.25) is 0 Å². The highest BCUT2D eigenvalue weighted by Gasteiger charge is 1.92. The van der Waals surface area contributed by atoms with Crippen molar-refractivity contribution >= 4 is 17.9 Å². The number of hydrogen-bond donors (Lipinski definition) is 0. The van der Waals surface area contributed by atoms with Gasteiger partial charge in [-0.1, -0.05) is 11.6 Å². The van der Waals surface area contributed by atoms with Crippen molar-refractivity contribution in [3.63, 3.8) is 0 Å². The average molecular weight is 144 g/mol. The third-order valence-electron chi connectivity index (χ3n) is 0.688. The predicted molar refractivity (Wildman–Crippen MR) is 30.2 cm³/mol. The fourth-order valence-electron chi connectivity index (χ4n) is 0.354. The van der Waals surface area contributed by atoms with E-state index in [9.17, 15) is 4.79 Å². The van der Waals surface area contributed by atoms with Crippen molar-refractivity contribution in [2.24, 2.45) is 0 Å². The zero-order chi connectivity index (χ0) is 6.69. The minimum absolute atomic E-state index is 0.173. The van der Waals surface area contributed by atoms with E-state index in [2.05, 4.69) is 15.4 Å². The van der Waals surface area contributed by atoms with Crippen LogP contribution in [0.5, 0.6) is 0 Å². The summed E-state index contributed by atoms with van der Waals surface area (Å²) in [7, 11) is 0. The van der Waals surface area contributed by atoms with Gasteiger partial charge in [0.15, 0.2) is 11.4 Å². The Bertz CT molecular complexity index is 227. The molecular weight excluding hydrogens is 142 g/mol. The normalized spacial score (nSPS) is 9.00. The first kappa shape index (κ1) is 6.10. The number of aromatic nitrogens is 3. The maximum Gasteiger partial charge on any atom is 0.170 e. The highest BCUT2D eigenvalue weighted by Crippen LogP contribution is 1.99. The Kier molecular flexibility index (Phi) is 1.69. The molecule has 0 saturated heterocycles. The van der Waals surface area contributed by atoms with Gasteiger partial charge in [0.05, 0.1) is 0 Å². The van der Waals surface area contributed by atoms with Crippen LogP contribution in [0.3, 0.4) is 0 Å². The lowest BCUT2D eigenvalue weighted by atomic mass is 10.5. The van der Waals surface area contributed by atoms with Crippen molar-refractivity contribution < 1.29 is 4.79 Å². The van der Waals surface area contributed by atoms with Crippen LogP contribution >= 0.6 is 11.6 Å². The summed E-state index contributed by atoms with van der Waals surface area (Å²) < 4.78 is 0. The third-order valence-corrected chi connectivity index (χ3v) is 0.873. The molecule has 0 aliphatic rings. The van der Waals surface area contributed by atoms with Crippen LogP contribution in [0.4, 0.5) is 0 Å². The van der Waals surface area contributed by atoms with Crippen LogP contribution in [-0.4, -0.2) is 21.7 Å². The van der Waals surface area contributed by atoms with Crippen molar-refractivity contribution in [1.82, 2.24) is 15.4 Å². The highest BCUT2D eigenvalue weighted by atomic mass is 35.5. The van der Waals surface area contributed by atoms with Crippen LogP contribution in [-0.2, 0) is 0 Å². The lowest BCUT2D eigenvalue weighted by Crippen LogP contribution is -1.92. The number of hydrogen-bond acceptors (Lipinski definition) is 4. The van der Waals surface area contributed by atoms with Gasteiger partial charge in [0.25, 0.3) is 0 Å². The first-order valence-electron chi connectivity index (χ1n) is 2.14. The number of halogens is 1. The van der Waals surface area contributed by atoms with Crippen molar-refractivity contribution in [3.8, 4) is 0 Å².